The van der Waals surface area contributed by atoms with E-state index in [2.05, 4.69) is 11.8 Å². The molecule has 0 spiro atoms. The highest BCUT2D eigenvalue weighted by Gasteiger charge is 2.37. The molecule has 21 heavy (non-hydrogen) atoms. The van der Waals surface area contributed by atoms with E-state index in [1.807, 2.05) is 4.90 Å². The lowest BCUT2D eigenvalue weighted by molar-refractivity contribution is 0.0396. The molecule has 0 radical (unpaired) electrons. The first-order valence-electron chi connectivity index (χ1n) is 7.58. The summed E-state index contributed by atoms with van der Waals surface area (Å²) < 4.78 is 5.21. The molecule has 1 aromatic rings. The molecular formula is C16H23N3O2. The first kappa shape index (κ1) is 14.2. The Balaban J connectivity index is 1.84. The maximum atomic E-state index is 12.9. The Hall–Kier alpha value is -1.75. The number of fused-ring (bicyclic) bond motifs is 1. The molecule has 2 fully saturated rings. The predicted molar refractivity (Wildman–Crippen MR) is 82.5 cm³/mol. The lowest BCUT2D eigenvalue weighted by atomic mass is 10.0. The molecule has 114 valence electrons. The summed E-state index contributed by atoms with van der Waals surface area (Å²) in [6, 6.07) is 5.99. The molecule has 2 unspecified atom stereocenters. The smallest absolute Gasteiger partial charge is 0.256 e. The first-order chi connectivity index (χ1) is 10.1. The van der Waals surface area contributed by atoms with Crippen molar-refractivity contribution >= 4 is 11.6 Å². The summed E-state index contributed by atoms with van der Waals surface area (Å²) in [5.41, 5.74) is 7.05. The highest BCUT2D eigenvalue weighted by molar-refractivity contribution is 5.99. The van der Waals surface area contributed by atoms with Crippen molar-refractivity contribution in [3.05, 3.63) is 23.8 Å². The topological polar surface area (TPSA) is 58.8 Å². The van der Waals surface area contributed by atoms with Crippen LogP contribution in [0.4, 0.5) is 5.69 Å². The van der Waals surface area contributed by atoms with Crippen LogP contribution in [-0.4, -0.2) is 54.5 Å². The van der Waals surface area contributed by atoms with Gasteiger partial charge in [0.05, 0.1) is 12.7 Å². The molecule has 5 nitrogen and oxygen atoms in total. The zero-order valence-corrected chi connectivity index (χ0v) is 12.7. The van der Waals surface area contributed by atoms with Crippen molar-refractivity contribution < 1.29 is 9.53 Å². The van der Waals surface area contributed by atoms with Crippen molar-refractivity contribution in [2.24, 2.45) is 0 Å². The molecule has 0 aromatic heterocycles. The second kappa shape index (κ2) is 5.56. The fourth-order valence-electron chi connectivity index (χ4n) is 3.47. The van der Waals surface area contributed by atoms with Crippen LogP contribution in [0.15, 0.2) is 18.2 Å². The fourth-order valence-corrected chi connectivity index (χ4v) is 3.47. The van der Waals surface area contributed by atoms with Gasteiger partial charge in [0.15, 0.2) is 0 Å². The third-order valence-electron chi connectivity index (χ3n) is 4.69. The van der Waals surface area contributed by atoms with E-state index in [-0.39, 0.29) is 11.9 Å². The van der Waals surface area contributed by atoms with E-state index in [1.165, 1.54) is 19.4 Å². The van der Waals surface area contributed by atoms with E-state index in [0.29, 0.717) is 23.0 Å². The molecule has 0 aliphatic carbocycles. The van der Waals surface area contributed by atoms with Crippen molar-refractivity contribution in [2.45, 2.75) is 31.8 Å². The van der Waals surface area contributed by atoms with Gasteiger partial charge in [0.1, 0.15) is 5.75 Å². The number of hydrogen-bond donors (Lipinski definition) is 1. The molecule has 2 atom stereocenters. The zero-order chi connectivity index (χ0) is 15.0. The first-order valence-corrected chi connectivity index (χ1v) is 7.58. The molecule has 1 aromatic carbocycles. The summed E-state index contributed by atoms with van der Waals surface area (Å²) in [5.74, 6) is 0.685. The largest absolute Gasteiger partial charge is 0.497 e. The maximum absolute atomic E-state index is 12.9. The average Bonchev–Trinajstić information content (AvgIpc) is 2.93. The van der Waals surface area contributed by atoms with Crippen LogP contribution < -0.4 is 10.5 Å². The van der Waals surface area contributed by atoms with Crippen LogP contribution in [0.3, 0.4) is 0 Å². The summed E-state index contributed by atoms with van der Waals surface area (Å²) in [4.78, 5) is 17.3. The van der Waals surface area contributed by atoms with Gasteiger partial charge in [-0.1, -0.05) is 0 Å². The van der Waals surface area contributed by atoms with Gasteiger partial charge in [-0.3, -0.25) is 9.69 Å². The van der Waals surface area contributed by atoms with Crippen molar-refractivity contribution in [1.29, 1.82) is 0 Å². The molecule has 3 rings (SSSR count). The van der Waals surface area contributed by atoms with E-state index in [0.717, 1.165) is 13.1 Å². The van der Waals surface area contributed by atoms with E-state index < -0.39 is 0 Å². The zero-order valence-electron chi connectivity index (χ0n) is 12.7. The summed E-state index contributed by atoms with van der Waals surface area (Å²) in [7, 11) is 1.60. The highest BCUT2D eigenvalue weighted by Crippen LogP contribution is 2.28. The molecular weight excluding hydrogens is 266 g/mol. The Kier molecular flexibility index (Phi) is 3.76. The summed E-state index contributed by atoms with van der Waals surface area (Å²) in [6.45, 7) is 5.04. The van der Waals surface area contributed by atoms with Crippen LogP contribution in [0.25, 0.3) is 0 Å². The minimum Gasteiger partial charge on any atom is -0.497 e. The van der Waals surface area contributed by atoms with Gasteiger partial charge in [0, 0.05) is 30.9 Å². The molecule has 1 amide bonds. The van der Waals surface area contributed by atoms with Crippen molar-refractivity contribution in [3.63, 3.8) is 0 Å². The van der Waals surface area contributed by atoms with E-state index in [4.69, 9.17) is 10.5 Å². The van der Waals surface area contributed by atoms with Crippen molar-refractivity contribution in [2.75, 3.05) is 32.5 Å². The summed E-state index contributed by atoms with van der Waals surface area (Å²) in [6.07, 6.45) is 2.42. The number of amides is 1. The molecule has 2 aliphatic heterocycles. The second-order valence-electron chi connectivity index (χ2n) is 6.05. The number of ether oxygens (including phenoxy) is 1. The Morgan fingerprint density at radius 2 is 2.19 bits per heavy atom. The number of nitrogens with zero attached hydrogens (tertiary/aromatic N) is 2. The van der Waals surface area contributed by atoms with Crippen LogP contribution in [-0.2, 0) is 0 Å². The number of carbonyl (C=O) groups excluding carboxylic acids is 1. The Morgan fingerprint density at radius 1 is 1.38 bits per heavy atom. The van der Waals surface area contributed by atoms with Gasteiger partial charge in [-0.25, -0.2) is 0 Å². The number of piperazine rings is 1. The highest BCUT2D eigenvalue weighted by atomic mass is 16.5. The Morgan fingerprint density at radius 3 is 2.95 bits per heavy atom. The van der Waals surface area contributed by atoms with E-state index in [1.54, 1.807) is 25.3 Å². The number of hydrogen-bond acceptors (Lipinski definition) is 4. The lowest BCUT2D eigenvalue weighted by Crippen LogP contribution is -2.56. The standard InChI is InChI=1S/C16H23N3O2/c1-11-9-18-7-3-4-12(18)10-19(11)16(20)14-8-13(21-2)5-6-15(14)17/h5-6,8,11-12H,3-4,7,9-10,17H2,1-2H3. The lowest BCUT2D eigenvalue weighted by Gasteiger charge is -2.42. The quantitative estimate of drug-likeness (QED) is 0.840. The molecule has 5 heteroatoms. The predicted octanol–water partition coefficient (Wildman–Crippen LogP) is 1.59. The normalized spacial score (nSPS) is 25.7. The minimum atomic E-state index is 0.0189. The average molecular weight is 289 g/mol. The molecule has 0 saturated carbocycles. The molecule has 2 aliphatic rings. The third-order valence-corrected chi connectivity index (χ3v) is 4.69. The number of benzene rings is 1. The van der Waals surface area contributed by atoms with Crippen molar-refractivity contribution in [3.8, 4) is 5.75 Å². The van der Waals surface area contributed by atoms with Crippen LogP contribution in [0.5, 0.6) is 5.75 Å². The van der Waals surface area contributed by atoms with Crippen molar-refractivity contribution in [1.82, 2.24) is 9.80 Å². The fraction of sp³-hybridized carbons (Fsp3) is 0.562. The molecule has 2 saturated heterocycles. The van der Waals surface area contributed by atoms with Gasteiger partial charge >= 0.3 is 0 Å². The number of anilines is 1. The maximum Gasteiger partial charge on any atom is 0.256 e. The number of nitrogens with two attached hydrogens (primary N) is 1. The third kappa shape index (κ3) is 2.58. The van der Waals surface area contributed by atoms with Crippen LogP contribution in [0, 0.1) is 0 Å². The number of rotatable bonds is 2. The van der Waals surface area contributed by atoms with Crippen LogP contribution in [0.1, 0.15) is 30.1 Å². The van der Waals surface area contributed by atoms with Gasteiger partial charge < -0.3 is 15.4 Å². The Bertz CT molecular complexity index is 546. The van der Waals surface area contributed by atoms with E-state index >= 15 is 0 Å². The van der Waals surface area contributed by atoms with Gasteiger partial charge in [0.2, 0.25) is 0 Å². The number of carbonyl (C=O) groups is 1. The van der Waals surface area contributed by atoms with Crippen LogP contribution in [0.2, 0.25) is 0 Å². The SMILES string of the molecule is COc1ccc(N)c(C(=O)N2CC3CCCN3CC2C)c1. The van der Waals surface area contributed by atoms with Gasteiger partial charge in [-0.2, -0.15) is 0 Å². The molecule has 0 bridgehead atoms. The van der Waals surface area contributed by atoms with E-state index in [9.17, 15) is 4.79 Å². The Labute approximate surface area is 125 Å². The van der Waals surface area contributed by atoms with Gasteiger partial charge in [-0.05, 0) is 44.5 Å². The van der Waals surface area contributed by atoms with Gasteiger partial charge in [-0.15, -0.1) is 0 Å². The second-order valence-corrected chi connectivity index (χ2v) is 6.05. The molecule has 2 heterocycles. The number of methoxy groups -OCH3 is 1. The van der Waals surface area contributed by atoms with Crippen LogP contribution >= 0.6 is 0 Å². The number of nitrogen functional groups attached to an aromatic ring is 1. The monoisotopic (exact) mass is 289 g/mol. The van der Waals surface area contributed by atoms with Gasteiger partial charge in [0.25, 0.3) is 5.91 Å². The summed E-state index contributed by atoms with van der Waals surface area (Å²) in [5, 5.41) is 0. The minimum absolute atomic E-state index is 0.0189. The summed E-state index contributed by atoms with van der Waals surface area (Å²) >= 11 is 0. The molecule has 2 N–H and O–H groups in total.